The van der Waals surface area contributed by atoms with E-state index in [1.54, 1.807) is 25.2 Å². The average Bonchev–Trinajstić information content (AvgIpc) is 3.41. The number of hydrogen-bond donors (Lipinski definition) is 2. The number of esters is 1. The third-order valence-electron chi connectivity index (χ3n) is 4.97. The quantitative estimate of drug-likeness (QED) is 0.333. The zero-order chi connectivity index (χ0) is 24.3. The molecule has 0 aliphatic heterocycles. The van der Waals surface area contributed by atoms with Crippen molar-refractivity contribution >= 4 is 57.2 Å². The maximum absolute atomic E-state index is 12.7. The van der Waals surface area contributed by atoms with Gasteiger partial charge in [-0.3, -0.25) is 9.59 Å². The van der Waals surface area contributed by atoms with Crippen LogP contribution in [0.15, 0.2) is 10.5 Å². The van der Waals surface area contributed by atoms with Crippen molar-refractivity contribution in [3.05, 3.63) is 31.8 Å². The van der Waals surface area contributed by atoms with Gasteiger partial charge in [0.1, 0.15) is 5.00 Å². The van der Waals surface area contributed by atoms with Gasteiger partial charge in [-0.2, -0.15) is 0 Å². The number of nitrogens with one attached hydrogen (secondary N) is 1. The molecule has 0 aliphatic carbocycles. The molecule has 0 fully saturated rings. The number of anilines is 1. The molecule has 33 heavy (non-hydrogen) atoms. The summed E-state index contributed by atoms with van der Waals surface area (Å²) in [4.78, 5) is 38.2. The lowest BCUT2D eigenvalue weighted by molar-refractivity contribution is -0.113. The first-order valence-electron chi connectivity index (χ1n) is 10.2. The third-order valence-corrected chi connectivity index (χ3v) is 8.16. The smallest absolute Gasteiger partial charge is 0.341 e. The molecule has 9 nitrogen and oxygen atoms in total. The van der Waals surface area contributed by atoms with Crippen LogP contribution in [-0.4, -0.2) is 44.9 Å². The fraction of sp³-hybridized carbons (Fsp3) is 0.381. The topological polar surface area (TPSA) is 129 Å². The number of hydrogen-bond acceptors (Lipinski definition) is 9. The Morgan fingerprint density at radius 3 is 2.61 bits per heavy atom. The van der Waals surface area contributed by atoms with E-state index in [4.69, 9.17) is 10.5 Å². The molecule has 0 bridgehead atoms. The summed E-state index contributed by atoms with van der Waals surface area (Å²) in [6.07, 6.45) is 0.902. The number of aromatic nitrogens is 3. The van der Waals surface area contributed by atoms with E-state index in [1.807, 2.05) is 11.6 Å². The van der Waals surface area contributed by atoms with Crippen molar-refractivity contribution in [1.82, 2.24) is 14.8 Å². The van der Waals surface area contributed by atoms with Crippen LogP contribution in [0.3, 0.4) is 0 Å². The van der Waals surface area contributed by atoms with Gasteiger partial charge in [-0.1, -0.05) is 18.7 Å². The zero-order valence-electron chi connectivity index (χ0n) is 19.0. The van der Waals surface area contributed by atoms with Crippen molar-refractivity contribution in [3.63, 3.8) is 0 Å². The molecule has 3 N–H and O–H groups in total. The van der Waals surface area contributed by atoms with Crippen LogP contribution in [0.1, 0.15) is 49.9 Å². The average molecular weight is 508 g/mol. The Hall–Kier alpha value is -2.70. The summed E-state index contributed by atoms with van der Waals surface area (Å²) in [5.41, 5.74) is 8.25. The van der Waals surface area contributed by atoms with Gasteiger partial charge in [-0.15, -0.1) is 32.9 Å². The molecule has 0 spiro atoms. The molecular formula is C21H25N5O4S3. The molecule has 0 atom stereocenters. The van der Waals surface area contributed by atoms with Gasteiger partial charge in [0.2, 0.25) is 5.91 Å². The maximum Gasteiger partial charge on any atom is 0.341 e. The highest BCUT2D eigenvalue weighted by Gasteiger charge is 2.26. The number of nitrogens with zero attached hydrogens (tertiary/aromatic N) is 3. The number of rotatable bonds is 9. The van der Waals surface area contributed by atoms with E-state index < -0.39 is 11.9 Å². The van der Waals surface area contributed by atoms with E-state index in [0.717, 1.165) is 29.1 Å². The molecule has 0 radical (unpaired) electrons. The standard InChI is InChI=1S/C21H25N5O4S3/c1-6-12-11(4)31-8-13(12)18-24-25-21(26(18)5)32-9-14(27)23-19-15(20(29)30-7-2)10(3)16(33-19)17(22)28/h8H,6-7,9H2,1-5H3,(H2,22,28)(H,23,27). The summed E-state index contributed by atoms with van der Waals surface area (Å²) >= 11 is 3.87. The van der Waals surface area contributed by atoms with Crippen LogP contribution in [0, 0.1) is 13.8 Å². The monoisotopic (exact) mass is 507 g/mol. The molecule has 3 aromatic rings. The number of amides is 2. The molecule has 3 heterocycles. The minimum Gasteiger partial charge on any atom is -0.462 e. The summed E-state index contributed by atoms with van der Waals surface area (Å²) in [6, 6.07) is 0. The van der Waals surface area contributed by atoms with Gasteiger partial charge in [0.05, 0.1) is 22.8 Å². The second kappa shape index (κ2) is 10.5. The van der Waals surface area contributed by atoms with Crippen LogP contribution >= 0.6 is 34.4 Å². The Morgan fingerprint density at radius 2 is 1.97 bits per heavy atom. The Kier molecular flexibility index (Phi) is 7.92. The lowest BCUT2D eigenvalue weighted by Gasteiger charge is -2.07. The van der Waals surface area contributed by atoms with Gasteiger partial charge in [-0.25, -0.2) is 4.79 Å². The second-order valence-corrected chi connectivity index (χ2v) is 10.1. The van der Waals surface area contributed by atoms with E-state index in [0.29, 0.717) is 10.7 Å². The Balaban J connectivity index is 1.75. The van der Waals surface area contributed by atoms with E-state index in [9.17, 15) is 14.4 Å². The van der Waals surface area contributed by atoms with Gasteiger partial charge in [-0.05, 0) is 38.3 Å². The lowest BCUT2D eigenvalue weighted by atomic mass is 10.1. The van der Waals surface area contributed by atoms with Gasteiger partial charge in [0.25, 0.3) is 5.91 Å². The molecule has 0 aliphatic rings. The molecule has 0 saturated heterocycles. The number of thiophene rings is 2. The van der Waals surface area contributed by atoms with Crippen LogP contribution in [0.4, 0.5) is 5.00 Å². The predicted octanol–water partition coefficient (Wildman–Crippen LogP) is 3.79. The zero-order valence-corrected chi connectivity index (χ0v) is 21.4. The van der Waals surface area contributed by atoms with Gasteiger partial charge >= 0.3 is 5.97 Å². The van der Waals surface area contributed by atoms with Crippen LogP contribution in [0.2, 0.25) is 0 Å². The molecule has 0 unspecified atom stereocenters. The number of primary amides is 1. The van der Waals surface area contributed by atoms with Crippen molar-refractivity contribution in [2.24, 2.45) is 12.8 Å². The SMILES string of the molecule is CCOC(=O)c1c(NC(=O)CSc2nnc(-c3csc(C)c3CC)n2C)sc(C(N)=O)c1C. The Bertz CT molecular complexity index is 1210. The molecule has 12 heteroatoms. The molecule has 2 amide bonds. The molecule has 0 aromatic carbocycles. The minimum atomic E-state index is -0.667. The van der Waals surface area contributed by atoms with Crippen molar-refractivity contribution < 1.29 is 19.1 Å². The summed E-state index contributed by atoms with van der Waals surface area (Å²) in [5, 5.41) is 14.2. The highest BCUT2D eigenvalue weighted by molar-refractivity contribution is 7.99. The minimum absolute atomic E-state index is 0.0421. The fourth-order valence-corrected chi connectivity index (χ4v) is 6.07. The van der Waals surface area contributed by atoms with E-state index in [1.165, 1.54) is 22.2 Å². The first-order valence-corrected chi connectivity index (χ1v) is 12.9. The normalized spacial score (nSPS) is 10.9. The number of nitrogens with two attached hydrogens (primary N) is 1. The Labute approximate surface area is 203 Å². The molecule has 3 aromatic heterocycles. The largest absolute Gasteiger partial charge is 0.462 e. The van der Waals surface area contributed by atoms with Crippen molar-refractivity contribution in [2.75, 3.05) is 17.7 Å². The summed E-state index contributed by atoms with van der Waals surface area (Å²) in [5.74, 6) is -0.839. The predicted molar refractivity (Wildman–Crippen MR) is 131 cm³/mol. The van der Waals surface area contributed by atoms with E-state index >= 15 is 0 Å². The first-order chi connectivity index (χ1) is 15.7. The molecule has 176 valence electrons. The molecular weight excluding hydrogens is 482 g/mol. The summed E-state index contributed by atoms with van der Waals surface area (Å²) in [6.45, 7) is 7.64. The molecule has 0 saturated carbocycles. The summed E-state index contributed by atoms with van der Waals surface area (Å²) < 4.78 is 6.94. The lowest BCUT2D eigenvalue weighted by Crippen LogP contribution is -2.17. The van der Waals surface area contributed by atoms with E-state index in [2.05, 4.69) is 34.7 Å². The number of carbonyl (C=O) groups is 3. The highest BCUT2D eigenvalue weighted by Crippen LogP contribution is 2.34. The number of thioether (sulfide) groups is 1. The Morgan fingerprint density at radius 1 is 1.24 bits per heavy atom. The first kappa shape index (κ1) is 24.9. The maximum atomic E-state index is 12.7. The number of ether oxygens (including phenoxy) is 1. The van der Waals surface area contributed by atoms with E-state index in [-0.39, 0.29) is 33.7 Å². The van der Waals surface area contributed by atoms with Crippen LogP contribution < -0.4 is 11.1 Å². The number of carbonyl (C=O) groups excluding carboxylic acids is 3. The van der Waals surface area contributed by atoms with Crippen LogP contribution in [-0.2, 0) is 23.0 Å². The highest BCUT2D eigenvalue weighted by atomic mass is 32.2. The van der Waals surface area contributed by atoms with Crippen molar-refractivity contribution in [1.29, 1.82) is 0 Å². The van der Waals surface area contributed by atoms with Crippen LogP contribution in [0.5, 0.6) is 0 Å². The molecule has 3 rings (SSSR count). The third kappa shape index (κ3) is 5.12. The summed E-state index contributed by atoms with van der Waals surface area (Å²) in [7, 11) is 1.86. The van der Waals surface area contributed by atoms with Crippen LogP contribution in [0.25, 0.3) is 11.4 Å². The van der Waals surface area contributed by atoms with Crippen molar-refractivity contribution in [2.45, 2.75) is 39.3 Å². The van der Waals surface area contributed by atoms with Gasteiger partial charge < -0.3 is 20.4 Å². The van der Waals surface area contributed by atoms with Gasteiger partial charge in [0, 0.05) is 22.9 Å². The van der Waals surface area contributed by atoms with Gasteiger partial charge in [0.15, 0.2) is 11.0 Å². The number of aryl methyl sites for hydroxylation is 1. The second-order valence-electron chi connectivity index (χ2n) is 7.08. The van der Waals surface area contributed by atoms with Crippen molar-refractivity contribution in [3.8, 4) is 11.4 Å². The fourth-order valence-electron chi connectivity index (χ4n) is 3.36.